The highest BCUT2D eigenvalue weighted by Gasteiger charge is 2.27. The zero-order valence-electron chi connectivity index (χ0n) is 38.8. The lowest BCUT2D eigenvalue weighted by Crippen LogP contribution is -2.37. The average Bonchev–Trinajstić information content (AvgIpc) is 3.17. The number of carbonyl (C=O) groups excluding carboxylic acids is 2. The molecule has 0 saturated carbocycles. The van der Waals surface area contributed by atoms with Gasteiger partial charge in [0.2, 0.25) is 0 Å². The van der Waals surface area contributed by atoms with Gasteiger partial charge in [-0.3, -0.25) is 18.6 Å². The largest absolute Gasteiger partial charge is 0.472 e. The number of carbonyl (C=O) groups is 2. The number of ether oxygens (including phenoxy) is 2. The molecule has 2 atom stereocenters. The molecule has 0 amide bonds. The fourth-order valence-corrected chi connectivity index (χ4v) is 7.69. The topological polar surface area (TPSA) is 108 Å². The van der Waals surface area contributed by atoms with Gasteiger partial charge in [0.1, 0.15) is 19.8 Å². The number of quaternary nitrogens is 1. The SMILES string of the molecule is CCCCCCCCCC/C=C\CCCCCC(=O)O[C@H](COC(=O)CCCCCCCCCCCCCCCCCCCCC)COP(=O)(O)OCC[N+](C)(C)C. The highest BCUT2D eigenvalue weighted by Crippen LogP contribution is 2.43. The maximum atomic E-state index is 12.7. The van der Waals surface area contributed by atoms with Crippen molar-refractivity contribution in [2.75, 3.05) is 47.5 Å². The van der Waals surface area contributed by atoms with E-state index in [0.29, 0.717) is 23.9 Å². The Kier molecular flexibility index (Phi) is 40.2. The molecule has 9 nitrogen and oxygen atoms in total. The minimum absolute atomic E-state index is 0.0323. The number of allylic oxidation sites excluding steroid dienone is 2. The Morgan fingerprint density at radius 2 is 0.879 bits per heavy atom. The quantitative estimate of drug-likeness (QED) is 0.0212. The van der Waals surface area contributed by atoms with Crippen molar-refractivity contribution in [1.82, 2.24) is 0 Å². The Labute approximate surface area is 358 Å². The number of nitrogens with zero attached hydrogens (tertiary/aromatic N) is 1. The molecule has 0 aliphatic rings. The van der Waals surface area contributed by atoms with Crippen LogP contribution in [0.4, 0.5) is 0 Å². The molecule has 0 bridgehead atoms. The van der Waals surface area contributed by atoms with Crippen molar-refractivity contribution >= 4 is 19.8 Å². The van der Waals surface area contributed by atoms with Crippen LogP contribution in [0.3, 0.4) is 0 Å². The summed E-state index contributed by atoms with van der Waals surface area (Å²) in [6.45, 7) is 4.44. The molecule has 0 aliphatic heterocycles. The first-order chi connectivity index (χ1) is 28.0. The molecule has 0 aliphatic carbocycles. The van der Waals surface area contributed by atoms with Gasteiger partial charge in [0.15, 0.2) is 6.10 Å². The molecule has 0 heterocycles. The van der Waals surface area contributed by atoms with Crippen LogP contribution in [0.25, 0.3) is 0 Å². The van der Waals surface area contributed by atoms with Crippen LogP contribution in [-0.2, 0) is 32.7 Å². The number of likely N-dealkylation sites (N-methyl/N-ethyl adjacent to an activating group) is 1. The number of unbranched alkanes of at least 4 members (excludes halogenated alkanes) is 29. The Morgan fingerprint density at radius 1 is 0.517 bits per heavy atom. The molecule has 0 aromatic carbocycles. The van der Waals surface area contributed by atoms with E-state index in [9.17, 15) is 19.0 Å². The fourth-order valence-electron chi connectivity index (χ4n) is 6.95. The summed E-state index contributed by atoms with van der Waals surface area (Å²) >= 11 is 0. The van der Waals surface area contributed by atoms with Crippen molar-refractivity contribution in [3.63, 3.8) is 0 Å². The summed E-state index contributed by atoms with van der Waals surface area (Å²) in [7, 11) is 1.48. The lowest BCUT2D eigenvalue weighted by Gasteiger charge is -2.24. The van der Waals surface area contributed by atoms with E-state index in [2.05, 4.69) is 26.0 Å². The summed E-state index contributed by atoms with van der Waals surface area (Å²) in [5.74, 6) is -0.803. The number of hydrogen-bond donors (Lipinski definition) is 1. The number of rotatable bonds is 45. The molecule has 0 radical (unpaired) electrons. The lowest BCUT2D eigenvalue weighted by atomic mass is 10.0. The van der Waals surface area contributed by atoms with E-state index in [4.69, 9.17) is 18.5 Å². The molecule has 0 aromatic heterocycles. The van der Waals surface area contributed by atoms with Gasteiger partial charge in [-0.2, -0.15) is 0 Å². The average molecular weight is 845 g/mol. The second kappa shape index (κ2) is 41.1. The van der Waals surface area contributed by atoms with Crippen LogP contribution in [-0.4, -0.2) is 74.9 Å². The molecule has 1 N–H and O–H groups in total. The predicted molar refractivity (Wildman–Crippen MR) is 243 cm³/mol. The van der Waals surface area contributed by atoms with Gasteiger partial charge >= 0.3 is 19.8 Å². The third kappa shape index (κ3) is 44.3. The van der Waals surface area contributed by atoms with Crippen LogP contribution < -0.4 is 0 Å². The Hall–Kier alpha value is -1.25. The Balaban J connectivity index is 4.26. The van der Waals surface area contributed by atoms with E-state index in [1.807, 2.05) is 21.1 Å². The van der Waals surface area contributed by atoms with Gasteiger partial charge in [-0.15, -0.1) is 0 Å². The fraction of sp³-hybridized carbons (Fsp3) is 0.917. The number of phosphoric ester groups is 1. The standard InChI is InChI=1S/C48H94NO8P/c1-6-8-10-12-14-16-18-20-22-23-24-25-27-28-30-32-34-36-38-40-47(50)54-44-46(45-56-58(52,53)55-43-42-49(3,4)5)57-48(51)41-39-37-35-33-31-29-26-21-19-17-15-13-11-9-7-2/h29,31,46H,6-28,30,32-45H2,1-5H3/p+1/b31-29-/t46-/m1/s1. The smallest absolute Gasteiger partial charge is 0.462 e. The van der Waals surface area contributed by atoms with Gasteiger partial charge in [0.25, 0.3) is 0 Å². The van der Waals surface area contributed by atoms with Crippen LogP contribution in [0, 0.1) is 0 Å². The first kappa shape index (κ1) is 56.8. The molecule has 58 heavy (non-hydrogen) atoms. The van der Waals surface area contributed by atoms with Crippen LogP contribution in [0.2, 0.25) is 0 Å². The molecule has 0 fully saturated rings. The zero-order chi connectivity index (χ0) is 42.8. The normalized spacial score (nSPS) is 13.6. The number of phosphoric acid groups is 1. The molecule has 0 spiro atoms. The first-order valence-corrected chi connectivity index (χ1v) is 25.9. The van der Waals surface area contributed by atoms with Crippen molar-refractivity contribution in [2.45, 2.75) is 238 Å². The second-order valence-corrected chi connectivity index (χ2v) is 19.3. The van der Waals surface area contributed by atoms with E-state index in [1.165, 1.54) is 154 Å². The Morgan fingerprint density at radius 3 is 1.29 bits per heavy atom. The third-order valence-corrected chi connectivity index (χ3v) is 11.8. The van der Waals surface area contributed by atoms with Crippen molar-refractivity contribution in [2.24, 2.45) is 0 Å². The summed E-state index contributed by atoms with van der Waals surface area (Å²) in [6, 6.07) is 0. The minimum Gasteiger partial charge on any atom is -0.462 e. The molecule has 0 saturated heterocycles. The molecule has 10 heteroatoms. The summed E-state index contributed by atoms with van der Waals surface area (Å²) in [4.78, 5) is 35.4. The van der Waals surface area contributed by atoms with Crippen molar-refractivity contribution in [3.8, 4) is 0 Å². The van der Waals surface area contributed by atoms with Crippen LogP contribution >= 0.6 is 7.82 Å². The van der Waals surface area contributed by atoms with E-state index >= 15 is 0 Å². The summed E-state index contributed by atoms with van der Waals surface area (Å²) in [5, 5.41) is 0. The molecule has 0 rings (SSSR count). The molecule has 0 aromatic rings. The highest BCUT2D eigenvalue weighted by molar-refractivity contribution is 7.47. The minimum atomic E-state index is -4.38. The zero-order valence-corrected chi connectivity index (χ0v) is 39.7. The van der Waals surface area contributed by atoms with Crippen LogP contribution in [0.1, 0.15) is 232 Å². The van der Waals surface area contributed by atoms with Crippen molar-refractivity contribution in [1.29, 1.82) is 0 Å². The van der Waals surface area contributed by atoms with Gasteiger partial charge < -0.3 is 18.9 Å². The van der Waals surface area contributed by atoms with Gasteiger partial charge in [0.05, 0.1) is 27.7 Å². The van der Waals surface area contributed by atoms with E-state index < -0.39 is 26.5 Å². The summed E-state index contributed by atoms with van der Waals surface area (Å²) < 4.78 is 34.4. The second-order valence-electron chi connectivity index (χ2n) is 17.9. The molecule has 1 unspecified atom stereocenters. The monoisotopic (exact) mass is 845 g/mol. The maximum absolute atomic E-state index is 12.7. The highest BCUT2D eigenvalue weighted by atomic mass is 31.2. The van der Waals surface area contributed by atoms with Crippen LogP contribution in [0.5, 0.6) is 0 Å². The van der Waals surface area contributed by atoms with E-state index in [0.717, 1.165) is 44.9 Å². The van der Waals surface area contributed by atoms with Crippen molar-refractivity contribution in [3.05, 3.63) is 12.2 Å². The lowest BCUT2D eigenvalue weighted by molar-refractivity contribution is -0.870. The first-order valence-electron chi connectivity index (χ1n) is 24.4. The van der Waals surface area contributed by atoms with Gasteiger partial charge in [-0.25, -0.2) is 4.57 Å². The van der Waals surface area contributed by atoms with Crippen LogP contribution in [0.15, 0.2) is 12.2 Å². The van der Waals surface area contributed by atoms with Crippen molar-refractivity contribution < 1.29 is 42.1 Å². The van der Waals surface area contributed by atoms with Gasteiger partial charge in [0, 0.05) is 12.8 Å². The Bertz CT molecular complexity index is 1000. The summed E-state index contributed by atoms with van der Waals surface area (Å²) in [6.07, 6.45) is 44.0. The molecular weight excluding hydrogens is 750 g/mol. The van der Waals surface area contributed by atoms with E-state index in [-0.39, 0.29) is 25.6 Å². The van der Waals surface area contributed by atoms with Gasteiger partial charge in [-0.1, -0.05) is 193 Å². The predicted octanol–water partition coefficient (Wildman–Crippen LogP) is 14.1. The number of esters is 2. The summed E-state index contributed by atoms with van der Waals surface area (Å²) in [5.41, 5.74) is 0. The van der Waals surface area contributed by atoms with Gasteiger partial charge in [-0.05, 0) is 38.5 Å². The maximum Gasteiger partial charge on any atom is 0.472 e. The third-order valence-electron chi connectivity index (χ3n) is 10.8. The number of hydrogen-bond acceptors (Lipinski definition) is 7. The van der Waals surface area contributed by atoms with E-state index in [1.54, 1.807) is 0 Å². The molecule has 344 valence electrons. The molecular formula is C48H95NO8P+.